The van der Waals surface area contributed by atoms with E-state index in [9.17, 15) is 22.6 Å². The Morgan fingerprint density at radius 2 is 1.57 bits per heavy atom. The number of esters is 2. The molecule has 0 amide bonds. The van der Waals surface area contributed by atoms with Crippen molar-refractivity contribution in [1.29, 1.82) is 0 Å². The first-order valence-electron chi connectivity index (χ1n) is 6.00. The smallest absolute Gasteiger partial charge is 1.00 e. The molecule has 0 bridgehead atoms. The number of carbonyl (C=O) groups is 2. The standard InChI is InChI=1S/C14H12O7S.Na.H/c1-20-13(15)10-5-3-4-9-11(10)6-8(22(17,18)19)7-12(9)14(16)21-2;;/h3-7H,1-2H3,(H,17,18,19);;/q;+1;-1. The van der Waals surface area contributed by atoms with Crippen LogP contribution in [0.2, 0.25) is 0 Å². The molecule has 2 aromatic carbocycles. The molecule has 0 aliphatic carbocycles. The Kier molecular flexibility index (Phi) is 6.32. The minimum atomic E-state index is -4.57. The molecule has 0 radical (unpaired) electrons. The second kappa shape index (κ2) is 7.41. The van der Waals surface area contributed by atoms with E-state index in [0.717, 1.165) is 19.2 Å². The number of ether oxygens (including phenoxy) is 2. The molecular formula is C14H13NaO7S. The van der Waals surface area contributed by atoms with Gasteiger partial charge in [-0.25, -0.2) is 9.59 Å². The second-order valence-electron chi connectivity index (χ2n) is 4.33. The van der Waals surface area contributed by atoms with Crippen molar-refractivity contribution in [3.63, 3.8) is 0 Å². The monoisotopic (exact) mass is 348 g/mol. The van der Waals surface area contributed by atoms with E-state index in [1.807, 2.05) is 0 Å². The van der Waals surface area contributed by atoms with E-state index in [2.05, 4.69) is 9.47 Å². The molecule has 23 heavy (non-hydrogen) atoms. The first kappa shape index (κ1) is 19.6. The zero-order valence-electron chi connectivity index (χ0n) is 13.7. The van der Waals surface area contributed by atoms with E-state index in [0.29, 0.717) is 5.39 Å². The number of methoxy groups -OCH3 is 2. The maximum atomic E-state index is 11.8. The summed E-state index contributed by atoms with van der Waals surface area (Å²) in [7, 11) is -2.25. The molecule has 2 rings (SSSR count). The molecule has 0 aliphatic heterocycles. The van der Waals surface area contributed by atoms with E-state index < -0.39 is 27.0 Å². The van der Waals surface area contributed by atoms with Gasteiger partial charge in [0.2, 0.25) is 0 Å². The molecule has 0 heterocycles. The fraction of sp³-hybridized carbons (Fsp3) is 0.143. The van der Waals surface area contributed by atoms with Crippen LogP contribution >= 0.6 is 0 Å². The predicted octanol–water partition coefficient (Wildman–Crippen LogP) is -1.22. The van der Waals surface area contributed by atoms with Gasteiger partial charge >= 0.3 is 41.5 Å². The zero-order valence-corrected chi connectivity index (χ0v) is 15.5. The molecule has 0 atom stereocenters. The van der Waals surface area contributed by atoms with Crippen molar-refractivity contribution in [2.45, 2.75) is 4.90 Å². The molecule has 0 fully saturated rings. The summed E-state index contributed by atoms with van der Waals surface area (Å²) in [5.74, 6) is -1.49. The number of fused-ring (bicyclic) bond motifs is 1. The summed E-state index contributed by atoms with van der Waals surface area (Å²) in [4.78, 5) is 23.1. The Hall–Kier alpha value is -1.45. The number of hydrogen-bond donors (Lipinski definition) is 1. The Labute approximate surface area is 156 Å². The molecular weight excluding hydrogens is 335 g/mol. The van der Waals surface area contributed by atoms with Crippen LogP contribution in [0.3, 0.4) is 0 Å². The van der Waals surface area contributed by atoms with Gasteiger partial charge in [0.25, 0.3) is 10.1 Å². The van der Waals surface area contributed by atoms with Crippen molar-refractivity contribution in [2.24, 2.45) is 0 Å². The summed E-state index contributed by atoms with van der Waals surface area (Å²) in [6.45, 7) is 0. The summed E-state index contributed by atoms with van der Waals surface area (Å²) in [5, 5.41) is 0.465. The van der Waals surface area contributed by atoms with Crippen molar-refractivity contribution in [3.05, 3.63) is 41.5 Å². The van der Waals surface area contributed by atoms with Crippen molar-refractivity contribution in [1.82, 2.24) is 0 Å². The van der Waals surface area contributed by atoms with Crippen LogP contribution in [0.4, 0.5) is 0 Å². The molecule has 7 nitrogen and oxygen atoms in total. The van der Waals surface area contributed by atoms with Crippen LogP contribution < -0.4 is 29.6 Å². The fourth-order valence-corrected chi connectivity index (χ4v) is 2.61. The van der Waals surface area contributed by atoms with Crippen molar-refractivity contribution in [2.75, 3.05) is 14.2 Å². The number of carbonyl (C=O) groups excluding carboxylic acids is 2. The predicted molar refractivity (Wildman–Crippen MR) is 77.6 cm³/mol. The van der Waals surface area contributed by atoms with Crippen LogP contribution in [0, 0.1) is 0 Å². The molecule has 1 N–H and O–H groups in total. The maximum Gasteiger partial charge on any atom is 1.00 e. The fourth-order valence-electron chi connectivity index (χ4n) is 2.08. The van der Waals surface area contributed by atoms with Crippen LogP contribution in [0.5, 0.6) is 0 Å². The molecule has 0 aromatic heterocycles. The van der Waals surface area contributed by atoms with Crippen LogP contribution in [0.1, 0.15) is 22.1 Å². The number of benzene rings is 2. The molecule has 0 spiro atoms. The SMILES string of the molecule is COC(=O)c1cc(S(=O)(=O)O)cc2c(C(=O)OC)cccc12.[H-].[Na+]. The molecule has 0 saturated heterocycles. The molecule has 0 unspecified atom stereocenters. The third kappa shape index (κ3) is 3.91. The summed E-state index contributed by atoms with van der Waals surface area (Å²) in [6.07, 6.45) is 0. The maximum absolute atomic E-state index is 11.8. The van der Waals surface area contributed by atoms with Crippen molar-refractivity contribution in [3.8, 4) is 0 Å². The third-order valence-corrected chi connectivity index (χ3v) is 3.91. The first-order valence-corrected chi connectivity index (χ1v) is 7.44. The van der Waals surface area contributed by atoms with Crippen LogP contribution in [-0.4, -0.2) is 39.1 Å². The van der Waals surface area contributed by atoms with E-state index >= 15 is 0 Å². The summed E-state index contributed by atoms with van der Waals surface area (Å²) < 4.78 is 41.2. The molecule has 2 aromatic rings. The van der Waals surface area contributed by atoms with Gasteiger partial charge in [-0.2, -0.15) is 8.42 Å². The zero-order chi connectivity index (χ0) is 16.5. The van der Waals surface area contributed by atoms with E-state index in [1.165, 1.54) is 25.3 Å². The van der Waals surface area contributed by atoms with Crippen LogP contribution in [0.15, 0.2) is 35.2 Å². The van der Waals surface area contributed by atoms with Crippen LogP contribution in [-0.2, 0) is 19.6 Å². The quantitative estimate of drug-likeness (QED) is 0.421. The summed E-state index contributed by atoms with van der Waals surface area (Å²) >= 11 is 0. The second-order valence-corrected chi connectivity index (χ2v) is 5.75. The van der Waals surface area contributed by atoms with E-state index in [1.54, 1.807) is 0 Å². The van der Waals surface area contributed by atoms with Gasteiger partial charge in [0, 0.05) is 0 Å². The number of hydrogen-bond acceptors (Lipinski definition) is 6. The Morgan fingerprint density at radius 3 is 2.09 bits per heavy atom. The van der Waals surface area contributed by atoms with Gasteiger partial charge in [-0.1, -0.05) is 12.1 Å². The van der Waals surface area contributed by atoms with Gasteiger partial charge in [0.05, 0.1) is 30.2 Å². The van der Waals surface area contributed by atoms with Gasteiger partial charge in [-0.3, -0.25) is 4.55 Å². The Morgan fingerprint density at radius 1 is 1.00 bits per heavy atom. The van der Waals surface area contributed by atoms with Gasteiger partial charge in [0.1, 0.15) is 0 Å². The largest absolute Gasteiger partial charge is 1.00 e. The van der Waals surface area contributed by atoms with Gasteiger partial charge in [-0.15, -0.1) is 0 Å². The Bertz CT molecular complexity index is 880. The molecule has 9 heteroatoms. The average Bonchev–Trinajstić information content (AvgIpc) is 2.50. The minimum Gasteiger partial charge on any atom is -1.00 e. The van der Waals surface area contributed by atoms with Gasteiger partial charge in [0.15, 0.2) is 0 Å². The summed E-state index contributed by atoms with van der Waals surface area (Å²) in [5.41, 5.74) is -0.0194. The Balaban J connectivity index is 0.00000264. The molecule has 0 saturated carbocycles. The van der Waals surface area contributed by atoms with Gasteiger partial charge < -0.3 is 10.9 Å². The topological polar surface area (TPSA) is 107 Å². The summed E-state index contributed by atoms with van der Waals surface area (Å²) in [6, 6.07) is 6.56. The van der Waals surface area contributed by atoms with Crippen molar-refractivity contribution < 1.29 is 63.0 Å². The first-order chi connectivity index (χ1) is 10.3. The van der Waals surface area contributed by atoms with Crippen LogP contribution in [0.25, 0.3) is 10.8 Å². The van der Waals surface area contributed by atoms with Crippen molar-refractivity contribution >= 4 is 32.8 Å². The average molecular weight is 348 g/mol. The normalized spacial score (nSPS) is 10.7. The van der Waals surface area contributed by atoms with Gasteiger partial charge in [-0.05, 0) is 29.0 Å². The minimum absolute atomic E-state index is 0. The molecule has 118 valence electrons. The number of rotatable bonds is 3. The van der Waals surface area contributed by atoms with E-state index in [-0.39, 0.29) is 47.5 Å². The molecule has 0 aliphatic rings. The third-order valence-electron chi connectivity index (χ3n) is 3.08. The van der Waals surface area contributed by atoms with E-state index in [4.69, 9.17) is 0 Å².